The predicted molar refractivity (Wildman–Crippen MR) is 135 cm³/mol. The van der Waals surface area contributed by atoms with Crippen LogP contribution in [-0.2, 0) is 7.05 Å². The van der Waals surface area contributed by atoms with Gasteiger partial charge in [-0.05, 0) is 35.9 Å². The summed E-state index contributed by atoms with van der Waals surface area (Å²) < 4.78 is 1.26. The van der Waals surface area contributed by atoms with E-state index < -0.39 is 15.9 Å². The van der Waals surface area contributed by atoms with Gasteiger partial charge in [0.2, 0.25) is 3.79 Å². The van der Waals surface area contributed by atoms with Crippen LogP contribution in [0.1, 0.15) is 16.1 Å². The molecule has 0 bridgehead atoms. The molecule has 1 aromatic heterocycles. The van der Waals surface area contributed by atoms with Crippen LogP contribution in [0.15, 0.2) is 77.6 Å². The molecule has 0 radical (unpaired) electrons. The van der Waals surface area contributed by atoms with Gasteiger partial charge < -0.3 is 10.6 Å². The molecule has 3 aromatic carbocycles. The van der Waals surface area contributed by atoms with E-state index in [4.69, 9.17) is 34.8 Å². The molecule has 6 nitrogen and oxygen atoms in total. The number of anilines is 1. The Labute approximate surface area is 205 Å². The number of carbonyl (C=O) groups excluding carboxylic acids is 1. The summed E-state index contributed by atoms with van der Waals surface area (Å²) in [6.07, 6.45) is -1.17. The summed E-state index contributed by atoms with van der Waals surface area (Å²) in [7, 11) is 1.76. The standard InChI is InChI=1S/C24H21Cl3N4O2/c1-15-20(22(33)31(30(15)2)17-11-4-3-5-12-17)28-23(24(25,26)27)29-21(32)19-14-8-10-16-9-6-7-13-18(16)19/h3-14,23,28H,1-2H3,(H,29,32). The SMILES string of the molecule is Cc1c(NC(NC(=O)c2cccc3ccccc23)C(Cl)(Cl)Cl)c(=O)n(-c2ccccc2)n1C. The third-order valence-electron chi connectivity index (χ3n) is 5.48. The smallest absolute Gasteiger partial charge is 0.295 e. The van der Waals surface area contributed by atoms with E-state index in [1.807, 2.05) is 60.7 Å². The number of carbonyl (C=O) groups is 1. The number of aromatic nitrogens is 2. The zero-order valence-corrected chi connectivity index (χ0v) is 20.1. The van der Waals surface area contributed by atoms with Gasteiger partial charge in [0.15, 0.2) is 0 Å². The summed E-state index contributed by atoms with van der Waals surface area (Å²) in [4.78, 5) is 26.4. The van der Waals surface area contributed by atoms with Crippen LogP contribution in [0.5, 0.6) is 0 Å². The molecular formula is C24H21Cl3N4O2. The monoisotopic (exact) mass is 502 g/mol. The van der Waals surface area contributed by atoms with Crippen molar-refractivity contribution in [2.45, 2.75) is 16.9 Å². The Morgan fingerprint density at radius 2 is 1.58 bits per heavy atom. The van der Waals surface area contributed by atoms with Crippen LogP contribution in [0.25, 0.3) is 16.5 Å². The molecule has 0 saturated heterocycles. The largest absolute Gasteiger partial charge is 0.356 e. The lowest BCUT2D eigenvalue weighted by molar-refractivity contribution is 0.0943. The Hall–Kier alpha value is -2.93. The van der Waals surface area contributed by atoms with Crippen molar-refractivity contribution < 1.29 is 4.79 Å². The van der Waals surface area contributed by atoms with Crippen LogP contribution in [0.4, 0.5) is 5.69 Å². The number of hydrogen-bond donors (Lipinski definition) is 2. The Morgan fingerprint density at radius 3 is 2.27 bits per heavy atom. The number of amides is 1. The molecule has 0 aliphatic rings. The Kier molecular flexibility index (Phi) is 6.43. The van der Waals surface area contributed by atoms with Crippen LogP contribution >= 0.6 is 34.8 Å². The van der Waals surface area contributed by atoms with Gasteiger partial charge in [-0.25, -0.2) is 4.68 Å². The number of nitrogens with one attached hydrogen (secondary N) is 2. The lowest BCUT2D eigenvalue weighted by Crippen LogP contribution is -2.50. The van der Waals surface area contributed by atoms with Gasteiger partial charge in [-0.3, -0.25) is 14.3 Å². The summed E-state index contributed by atoms with van der Waals surface area (Å²) in [5.74, 6) is -0.437. The highest BCUT2D eigenvalue weighted by Gasteiger charge is 2.36. The van der Waals surface area contributed by atoms with Gasteiger partial charge in [0.25, 0.3) is 11.5 Å². The first-order valence-electron chi connectivity index (χ1n) is 10.1. The summed E-state index contributed by atoms with van der Waals surface area (Å²) in [6, 6.07) is 22.1. The van der Waals surface area contributed by atoms with Gasteiger partial charge in [0, 0.05) is 12.6 Å². The highest BCUT2D eigenvalue weighted by atomic mass is 35.6. The lowest BCUT2D eigenvalue weighted by atomic mass is 10.0. The van der Waals surface area contributed by atoms with Crippen molar-refractivity contribution in [1.29, 1.82) is 0 Å². The molecule has 0 spiro atoms. The van der Waals surface area contributed by atoms with E-state index in [1.54, 1.807) is 30.8 Å². The second-order valence-electron chi connectivity index (χ2n) is 7.56. The van der Waals surface area contributed by atoms with E-state index in [-0.39, 0.29) is 11.2 Å². The fraction of sp³-hybridized carbons (Fsp3) is 0.167. The molecule has 0 aliphatic carbocycles. The van der Waals surface area contributed by atoms with Crippen LogP contribution < -0.4 is 16.2 Å². The van der Waals surface area contributed by atoms with Crippen molar-refractivity contribution in [3.05, 3.63) is 94.4 Å². The minimum atomic E-state index is -1.94. The molecule has 170 valence electrons. The second kappa shape index (κ2) is 9.14. The van der Waals surface area contributed by atoms with Gasteiger partial charge in [0.1, 0.15) is 11.9 Å². The molecule has 0 fully saturated rings. The molecule has 1 heterocycles. The van der Waals surface area contributed by atoms with Gasteiger partial charge in [-0.1, -0.05) is 89.4 Å². The molecule has 1 amide bonds. The molecule has 4 rings (SSSR count). The van der Waals surface area contributed by atoms with E-state index in [1.165, 1.54) is 4.68 Å². The number of para-hydroxylation sites is 1. The highest BCUT2D eigenvalue weighted by Crippen LogP contribution is 2.32. The minimum absolute atomic E-state index is 0.218. The van der Waals surface area contributed by atoms with Gasteiger partial charge in [0.05, 0.1) is 11.4 Å². The number of alkyl halides is 3. The van der Waals surface area contributed by atoms with Gasteiger partial charge >= 0.3 is 0 Å². The maximum atomic E-state index is 13.2. The predicted octanol–water partition coefficient (Wildman–Crippen LogP) is 5.18. The average molecular weight is 504 g/mol. The molecule has 0 saturated carbocycles. The number of hydrogen-bond acceptors (Lipinski definition) is 3. The van der Waals surface area contributed by atoms with Crippen LogP contribution in [-0.4, -0.2) is 25.2 Å². The van der Waals surface area contributed by atoms with Crippen LogP contribution in [0, 0.1) is 6.92 Å². The fourth-order valence-electron chi connectivity index (χ4n) is 3.71. The molecule has 1 unspecified atom stereocenters. The van der Waals surface area contributed by atoms with Crippen LogP contribution in [0.3, 0.4) is 0 Å². The van der Waals surface area contributed by atoms with E-state index in [0.29, 0.717) is 16.9 Å². The molecule has 4 aromatic rings. The zero-order chi connectivity index (χ0) is 23.8. The van der Waals surface area contributed by atoms with Gasteiger partial charge in [-0.2, -0.15) is 0 Å². The number of nitrogens with zero attached hydrogens (tertiary/aromatic N) is 2. The summed E-state index contributed by atoms with van der Waals surface area (Å²) in [5, 5.41) is 7.36. The molecule has 9 heteroatoms. The van der Waals surface area contributed by atoms with Crippen molar-refractivity contribution in [3.63, 3.8) is 0 Å². The fourth-order valence-corrected chi connectivity index (χ4v) is 4.04. The van der Waals surface area contributed by atoms with Crippen molar-refractivity contribution in [1.82, 2.24) is 14.7 Å². The van der Waals surface area contributed by atoms with Crippen LogP contribution in [0.2, 0.25) is 0 Å². The number of halogens is 3. The highest BCUT2D eigenvalue weighted by molar-refractivity contribution is 6.68. The summed E-state index contributed by atoms with van der Waals surface area (Å²) in [6.45, 7) is 1.77. The maximum absolute atomic E-state index is 13.2. The third-order valence-corrected chi connectivity index (χ3v) is 6.13. The number of fused-ring (bicyclic) bond motifs is 1. The first-order chi connectivity index (χ1) is 15.7. The van der Waals surface area contributed by atoms with Crippen molar-refractivity contribution in [2.24, 2.45) is 7.05 Å². The average Bonchev–Trinajstić information content (AvgIpc) is 3.01. The first-order valence-corrected chi connectivity index (χ1v) is 11.3. The van der Waals surface area contributed by atoms with E-state index in [0.717, 1.165) is 10.8 Å². The maximum Gasteiger partial charge on any atom is 0.295 e. The molecule has 33 heavy (non-hydrogen) atoms. The normalized spacial score (nSPS) is 12.5. The first kappa shape index (κ1) is 23.2. The van der Waals surface area contributed by atoms with Crippen molar-refractivity contribution in [2.75, 3.05) is 5.32 Å². The lowest BCUT2D eigenvalue weighted by Gasteiger charge is -2.27. The van der Waals surface area contributed by atoms with Gasteiger partial charge in [-0.15, -0.1) is 0 Å². The minimum Gasteiger partial charge on any atom is -0.356 e. The summed E-state index contributed by atoms with van der Waals surface area (Å²) in [5.41, 5.74) is 1.62. The number of rotatable bonds is 5. The summed E-state index contributed by atoms with van der Waals surface area (Å²) >= 11 is 18.6. The Morgan fingerprint density at radius 1 is 0.939 bits per heavy atom. The second-order valence-corrected chi connectivity index (χ2v) is 9.92. The van der Waals surface area contributed by atoms with Crippen molar-refractivity contribution >= 4 is 57.2 Å². The zero-order valence-electron chi connectivity index (χ0n) is 17.9. The Bertz CT molecular complexity index is 1370. The van der Waals surface area contributed by atoms with E-state index in [2.05, 4.69) is 10.6 Å². The Balaban J connectivity index is 1.69. The van der Waals surface area contributed by atoms with Crippen molar-refractivity contribution in [3.8, 4) is 5.69 Å². The molecule has 1 atom stereocenters. The number of benzene rings is 3. The molecule has 2 N–H and O–H groups in total. The molecule has 0 aliphatic heterocycles. The van der Waals surface area contributed by atoms with E-state index in [9.17, 15) is 9.59 Å². The third kappa shape index (κ3) is 4.60. The molecular weight excluding hydrogens is 483 g/mol. The topological polar surface area (TPSA) is 68.1 Å². The van der Waals surface area contributed by atoms with E-state index >= 15 is 0 Å². The quantitative estimate of drug-likeness (QED) is 0.291.